The predicted molar refractivity (Wildman–Crippen MR) is 74.7 cm³/mol. The van der Waals surface area contributed by atoms with Gasteiger partial charge in [-0.3, -0.25) is 5.32 Å². The lowest BCUT2D eigenvalue weighted by Gasteiger charge is -2.26. The van der Waals surface area contributed by atoms with Gasteiger partial charge >= 0.3 is 12.0 Å². The van der Waals surface area contributed by atoms with Crippen molar-refractivity contribution in [1.29, 1.82) is 0 Å². The molecule has 7 heteroatoms. The molecule has 0 unspecified atom stereocenters. The standard InChI is InChI=1S/C13H16N2O4S/c16-12(17)10-8-2-1-3-9(8)20-11(10)14-13(18)15-4-6-19-7-5-15/h1-7H2,(H,14,18)(H,16,17). The summed E-state index contributed by atoms with van der Waals surface area (Å²) in [6, 6.07) is -0.240. The van der Waals surface area contributed by atoms with Crippen LogP contribution in [0.5, 0.6) is 0 Å². The highest BCUT2D eigenvalue weighted by Gasteiger charge is 2.28. The number of hydrogen-bond acceptors (Lipinski definition) is 4. The van der Waals surface area contributed by atoms with E-state index in [0.717, 1.165) is 29.7 Å². The van der Waals surface area contributed by atoms with E-state index in [1.165, 1.54) is 11.3 Å². The molecule has 2 aliphatic rings. The van der Waals surface area contributed by atoms with Crippen LogP contribution in [0.3, 0.4) is 0 Å². The molecule has 1 aromatic heterocycles. The van der Waals surface area contributed by atoms with Crippen LogP contribution in [0.1, 0.15) is 27.2 Å². The largest absolute Gasteiger partial charge is 0.478 e. The lowest BCUT2D eigenvalue weighted by atomic mass is 10.1. The summed E-state index contributed by atoms with van der Waals surface area (Å²) in [6.07, 6.45) is 2.70. The highest BCUT2D eigenvalue weighted by Crippen LogP contribution is 2.39. The Kier molecular flexibility index (Phi) is 3.62. The highest BCUT2D eigenvalue weighted by molar-refractivity contribution is 7.17. The summed E-state index contributed by atoms with van der Waals surface area (Å²) in [4.78, 5) is 26.3. The van der Waals surface area contributed by atoms with Crippen LogP contribution in [0.4, 0.5) is 9.80 Å². The molecule has 0 spiro atoms. The minimum atomic E-state index is -0.957. The van der Waals surface area contributed by atoms with Crippen molar-refractivity contribution in [2.75, 3.05) is 31.6 Å². The number of aromatic carboxylic acids is 1. The average Bonchev–Trinajstić information content (AvgIpc) is 2.99. The molecule has 1 aromatic rings. The third kappa shape index (κ3) is 2.38. The number of carbonyl (C=O) groups excluding carboxylic acids is 1. The molecule has 2 N–H and O–H groups in total. The predicted octanol–water partition coefficient (Wildman–Crippen LogP) is 1.80. The second-order valence-corrected chi connectivity index (χ2v) is 6.00. The second kappa shape index (κ2) is 5.41. The van der Waals surface area contributed by atoms with Crippen LogP contribution < -0.4 is 5.32 Å². The van der Waals surface area contributed by atoms with Gasteiger partial charge in [0.15, 0.2) is 0 Å². The smallest absolute Gasteiger partial charge is 0.339 e. The summed E-state index contributed by atoms with van der Waals surface area (Å²) in [5, 5.41) is 12.6. The SMILES string of the molecule is O=C(O)c1c(NC(=O)N2CCOCC2)sc2c1CCC2. The maximum Gasteiger partial charge on any atom is 0.339 e. The number of amides is 2. The molecule has 0 saturated carbocycles. The van der Waals surface area contributed by atoms with Crippen LogP contribution in [0, 0.1) is 0 Å². The molecule has 2 amide bonds. The third-order valence-corrected chi connectivity index (χ3v) is 4.86. The van der Waals surface area contributed by atoms with Gasteiger partial charge in [-0.15, -0.1) is 11.3 Å². The van der Waals surface area contributed by atoms with E-state index in [-0.39, 0.29) is 11.6 Å². The Bertz CT molecular complexity index is 549. The zero-order chi connectivity index (χ0) is 14.1. The van der Waals surface area contributed by atoms with Crippen LogP contribution in [0.15, 0.2) is 0 Å². The van der Waals surface area contributed by atoms with Gasteiger partial charge in [0.1, 0.15) is 5.00 Å². The first kappa shape index (κ1) is 13.4. The Labute approximate surface area is 120 Å². The van der Waals surface area contributed by atoms with Crippen molar-refractivity contribution < 1.29 is 19.4 Å². The van der Waals surface area contributed by atoms with Crippen LogP contribution in [-0.2, 0) is 17.6 Å². The first-order valence-corrected chi connectivity index (χ1v) is 7.50. The van der Waals surface area contributed by atoms with Gasteiger partial charge in [0.25, 0.3) is 0 Å². The van der Waals surface area contributed by atoms with Crippen molar-refractivity contribution in [3.63, 3.8) is 0 Å². The number of morpholine rings is 1. The van der Waals surface area contributed by atoms with Crippen LogP contribution in [0.25, 0.3) is 0 Å². The minimum Gasteiger partial charge on any atom is -0.478 e. The molecular weight excluding hydrogens is 280 g/mol. The van der Waals surface area contributed by atoms with Gasteiger partial charge in [0, 0.05) is 18.0 Å². The number of nitrogens with one attached hydrogen (secondary N) is 1. The first-order chi connectivity index (χ1) is 9.66. The third-order valence-electron chi connectivity index (χ3n) is 3.65. The van der Waals surface area contributed by atoms with Gasteiger partial charge in [0.2, 0.25) is 0 Å². The van der Waals surface area contributed by atoms with E-state index in [2.05, 4.69) is 5.32 Å². The van der Waals surface area contributed by atoms with Crippen molar-refractivity contribution >= 4 is 28.3 Å². The van der Waals surface area contributed by atoms with E-state index < -0.39 is 5.97 Å². The van der Waals surface area contributed by atoms with Crippen molar-refractivity contribution in [3.05, 3.63) is 16.0 Å². The highest BCUT2D eigenvalue weighted by atomic mass is 32.1. The lowest BCUT2D eigenvalue weighted by molar-refractivity contribution is 0.0564. The van der Waals surface area contributed by atoms with Gasteiger partial charge in [-0.2, -0.15) is 0 Å². The van der Waals surface area contributed by atoms with E-state index in [4.69, 9.17) is 4.74 Å². The van der Waals surface area contributed by atoms with Crippen molar-refractivity contribution in [2.24, 2.45) is 0 Å². The Morgan fingerprint density at radius 1 is 1.25 bits per heavy atom. The fraction of sp³-hybridized carbons (Fsp3) is 0.538. The molecule has 0 radical (unpaired) electrons. The number of nitrogens with zero attached hydrogens (tertiary/aromatic N) is 1. The summed E-state index contributed by atoms with van der Waals surface area (Å²) in [5.74, 6) is -0.957. The number of carboxylic acids is 1. The number of aryl methyl sites for hydroxylation is 1. The summed E-state index contributed by atoms with van der Waals surface area (Å²) < 4.78 is 5.20. The molecular formula is C13H16N2O4S. The maximum atomic E-state index is 12.1. The van der Waals surface area contributed by atoms with Gasteiger partial charge in [-0.25, -0.2) is 9.59 Å². The summed E-state index contributed by atoms with van der Waals surface area (Å²) in [7, 11) is 0. The van der Waals surface area contributed by atoms with E-state index in [1.54, 1.807) is 4.90 Å². The Morgan fingerprint density at radius 3 is 2.70 bits per heavy atom. The zero-order valence-corrected chi connectivity index (χ0v) is 11.8. The number of rotatable bonds is 2. The van der Waals surface area contributed by atoms with E-state index in [1.807, 2.05) is 0 Å². The van der Waals surface area contributed by atoms with E-state index in [9.17, 15) is 14.7 Å². The quantitative estimate of drug-likeness (QED) is 0.872. The van der Waals surface area contributed by atoms with Crippen LogP contribution in [0.2, 0.25) is 0 Å². The van der Waals surface area contributed by atoms with Gasteiger partial charge < -0.3 is 14.7 Å². The summed E-state index contributed by atoms with van der Waals surface area (Å²) in [5.41, 5.74) is 1.18. The number of urea groups is 1. The van der Waals surface area contributed by atoms with Crippen molar-refractivity contribution in [2.45, 2.75) is 19.3 Å². The Morgan fingerprint density at radius 2 is 2.00 bits per heavy atom. The van der Waals surface area contributed by atoms with Gasteiger partial charge in [0.05, 0.1) is 18.8 Å². The molecule has 108 valence electrons. The van der Waals surface area contributed by atoms with Gasteiger partial charge in [-0.05, 0) is 24.8 Å². The van der Waals surface area contributed by atoms with Crippen molar-refractivity contribution in [3.8, 4) is 0 Å². The molecule has 0 aromatic carbocycles. The molecule has 2 heterocycles. The first-order valence-electron chi connectivity index (χ1n) is 6.68. The molecule has 0 atom stereocenters. The molecule has 1 saturated heterocycles. The number of carboxylic acid groups (broad SMARTS) is 1. The maximum absolute atomic E-state index is 12.1. The Hall–Kier alpha value is -1.60. The number of carbonyl (C=O) groups is 2. The number of thiophene rings is 1. The van der Waals surface area contributed by atoms with E-state index >= 15 is 0 Å². The molecule has 1 fully saturated rings. The molecule has 1 aliphatic heterocycles. The number of fused-ring (bicyclic) bond motifs is 1. The lowest BCUT2D eigenvalue weighted by Crippen LogP contribution is -2.43. The van der Waals surface area contributed by atoms with Crippen LogP contribution >= 0.6 is 11.3 Å². The topological polar surface area (TPSA) is 78.9 Å². The average molecular weight is 296 g/mol. The zero-order valence-electron chi connectivity index (χ0n) is 11.0. The monoisotopic (exact) mass is 296 g/mol. The number of ether oxygens (including phenoxy) is 1. The Balaban J connectivity index is 1.80. The van der Waals surface area contributed by atoms with E-state index in [0.29, 0.717) is 31.3 Å². The molecule has 1 aliphatic carbocycles. The van der Waals surface area contributed by atoms with Crippen LogP contribution in [-0.4, -0.2) is 48.3 Å². The fourth-order valence-corrected chi connectivity index (χ4v) is 3.93. The number of anilines is 1. The van der Waals surface area contributed by atoms with Crippen molar-refractivity contribution in [1.82, 2.24) is 4.90 Å². The molecule has 3 rings (SSSR count). The normalized spacial score (nSPS) is 17.9. The minimum absolute atomic E-state index is 0.240. The molecule has 6 nitrogen and oxygen atoms in total. The van der Waals surface area contributed by atoms with Gasteiger partial charge in [-0.1, -0.05) is 0 Å². The molecule has 0 bridgehead atoms. The number of hydrogen-bond donors (Lipinski definition) is 2. The molecule has 20 heavy (non-hydrogen) atoms. The summed E-state index contributed by atoms with van der Waals surface area (Å²) >= 11 is 1.40. The summed E-state index contributed by atoms with van der Waals surface area (Å²) in [6.45, 7) is 2.14. The fourth-order valence-electron chi connectivity index (χ4n) is 2.66. The second-order valence-electron chi connectivity index (χ2n) is 4.90.